The average Bonchev–Trinajstić information content (AvgIpc) is 3.11. The lowest BCUT2D eigenvalue weighted by atomic mass is 10.1. The van der Waals surface area contributed by atoms with Gasteiger partial charge in [0.15, 0.2) is 0 Å². The third-order valence-corrected chi connectivity index (χ3v) is 4.49. The lowest BCUT2D eigenvalue weighted by molar-refractivity contribution is -0.118. The van der Waals surface area contributed by atoms with Gasteiger partial charge < -0.3 is 19.7 Å². The first-order chi connectivity index (χ1) is 13.1. The van der Waals surface area contributed by atoms with Gasteiger partial charge in [0, 0.05) is 43.1 Å². The molecule has 1 heterocycles. The molecular formula is C21H24N2O4. The minimum atomic E-state index is -0.188. The molecule has 27 heavy (non-hydrogen) atoms. The Balaban J connectivity index is 1.69. The molecule has 0 saturated heterocycles. The third kappa shape index (κ3) is 4.46. The van der Waals surface area contributed by atoms with Gasteiger partial charge in [-0.05, 0) is 42.3 Å². The molecule has 1 aliphatic heterocycles. The van der Waals surface area contributed by atoms with Crippen LogP contribution in [0.1, 0.15) is 29.3 Å². The summed E-state index contributed by atoms with van der Waals surface area (Å²) >= 11 is 0. The fourth-order valence-electron chi connectivity index (χ4n) is 3.10. The molecule has 0 spiro atoms. The van der Waals surface area contributed by atoms with Gasteiger partial charge in [0.25, 0.3) is 5.91 Å². The maximum Gasteiger partial charge on any atom is 0.255 e. The van der Waals surface area contributed by atoms with Crippen molar-refractivity contribution in [2.75, 3.05) is 37.1 Å². The number of ether oxygens (including phenoxy) is 2. The van der Waals surface area contributed by atoms with Crippen LogP contribution in [0.4, 0.5) is 11.4 Å². The molecule has 3 rings (SSSR count). The number of carbonyl (C=O) groups excluding carboxylic acids is 2. The van der Waals surface area contributed by atoms with Crippen LogP contribution in [-0.2, 0) is 16.0 Å². The zero-order chi connectivity index (χ0) is 19.2. The van der Waals surface area contributed by atoms with Crippen LogP contribution in [0.5, 0.6) is 5.75 Å². The maximum atomic E-state index is 12.6. The van der Waals surface area contributed by atoms with Crippen LogP contribution in [0, 0.1) is 0 Å². The second kappa shape index (κ2) is 8.68. The highest BCUT2D eigenvalue weighted by Crippen LogP contribution is 2.29. The van der Waals surface area contributed by atoms with E-state index in [1.807, 2.05) is 37.3 Å². The van der Waals surface area contributed by atoms with Crippen molar-refractivity contribution in [2.45, 2.75) is 19.8 Å². The standard InChI is InChI=1S/C21H24N2O4/c1-3-20(24)23-10-9-15-13-16(7-8-19(15)23)21(25)22-17-5-4-6-18(14-17)27-12-11-26-2/h4-8,13-14H,3,9-12H2,1-2H3,(H,22,25). The summed E-state index contributed by atoms with van der Waals surface area (Å²) in [5.74, 6) is 0.593. The van der Waals surface area contributed by atoms with Crippen LogP contribution >= 0.6 is 0 Å². The van der Waals surface area contributed by atoms with E-state index in [1.54, 1.807) is 24.1 Å². The van der Waals surface area contributed by atoms with Crippen molar-refractivity contribution < 1.29 is 19.1 Å². The van der Waals surface area contributed by atoms with Crippen LogP contribution in [0.15, 0.2) is 42.5 Å². The molecule has 2 aromatic rings. The Morgan fingerprint density at radius 1 is 1.15 bits per heavy atom. The molecule has 142 valence electrons. The molecule has 1 N–H and O–H groups in total. The van der Waals surface area contributed by atoms with E-state index in [0.717, 1.165) is 17.7 Å². The molecule has 6 heteroatoms. The van der Waals surface area contributed by atoms with Crippen molar-refractivity contribution in [3.63, 3.8) is 0 Å². The summed E-state index contributed by atoms with van der Waals surface area (Å²) in [5, 5.41) is 2.89. The van der Waals surface area contributed by atoms with Gasteiger partial charge in [0.05, 0.1) is 6.61 Å². The second-order valence-electron chi connectivity index (χ2n) is 6.32. The highest BCUT2D eigenvalue weighted by Gasteiger charge is 2.24. The van der Waals surface area contributed by atoms with Gasteiger partial charge in [0.2, 0.25) is 5.91 Å². The number of amides is 2. The highest BCUT2D eigenvalue weighted by molar-refractivity contribution is 6.05. The van der Waals surface area contributed by atoms with Crippen LogP contribution < -0.4 is 15.0 Å². The van der Waals surface area contributed by atoms with Gasteiger partial charge in [-0.1, -0.05) is 13.0 Å². The molecule has 0 saturated carbocycles. The highest BCUT2D eigenvalue weighted by atomic mass is 16.5. The van der Waals surface area contributed by atoms with Crippen LogP contribution in [0.2, 0.25) is 0 Å². The average molecular weight is 368 g/mol. The zero-order valence-corrected chi connectivity index (χ0v) is 15.7. The Labute approximate surface area is 159 Å². The van der Waals surface area contributed by atoms with Crippen molar-refractivity contribution in [2.24, 2.45) is 0 Å². The van der Waals surface area contributed by atoms with Gasteiger partial charge in [-0.15, -0.1) is 0 Å². The fraction of sp³-hybridized carbons (Fsp3) is 0.333. The van der Waals surface area contributed by atoms with E-state index in [0.29, 0.717) is 43.2 Å². The smallest absolute Gasteiger partial charge is 0.255 e. The molecule has 0 unspecified atom stereocenters. The Kier molecular flexibility index (Phi) is 6.08. The normalized spacial score (nSPS) is 12.6. The van der Waals surface area contributed by atoms with E-state index in [2.05, 4.69) is 5.32 Å². The number of nitrogens with zero attached hydrogens (tertiary/aromatic N) is 1. The number of hydrogen-bond donors (Lipinski definition) is 1. The predicted molar refractivity (Wildman–Crippen MR) is 105 cm³/mol. The Morgan fingerprint density at radius 2 is 2.00 bits per heavy atom. The number of fused-ring (bicyclic) bond motifs is 1. The molecule has 1 aliphatic rings. The first-order valence-electron chi connectivity index (χ1n) is 9.09. The Morgan fingerprint density at radius 3 is 2.78 bits per heavy atom. The van der Waals surface area contributed by atoms with Crippen molar-refractivity contribution in [3.8, 4) is 5.75 Å². The molecule has 0 fully saturated rings. The number of methoxy groups -OCH3 is 1. The first-order valence-corrected chi connectivity index (χ1v) is 9.09. The minimum absolute atomic E-state index is 0.108. The van der Waals surface area contributed by atoms with Gasteiger partial charge >= 0.3 is 0 Å². The zero-order valence-electron chi connectivity index (χ0n) is 15.7. The SMILES string of the molecule is CCC(=O)N1CCc2cc(C(=O)Nc3cccc(OCCOC)c3)ccc21. The predicted octanol–water partition coefficient (Wildman–Crippen LogP) is 3.26. The fourth-order valence-corrected chi connectivity index (χ4v) is 3.10. The van der Waals surface area contributed by atoms with E-state index in [9.17, 15) is 9.59 Å². The maximum absolute atomic E-state index is 12.6. The van der Waals surface area contributed by atoms with E-state index in [4.69, 9.17) is 9.47 Å². The summed E-state index contributed by atoms with van der Waals surface area (Å²) in [7, 11) is 1.62. The summed E-state index contributed by atoms with van der Waals surface area (Å²) in [5.41, 5.74) is 3.18. The van der Waals surface area contributed by atoms with Crippen molar-refractivity contribution in [1.29, 1.82) is 0 Å². The van der Waals surface area contributed by atoms with E-state index in [1.165, 1.54) is 0 Å². The molecular weight excluding hydrogens is 344 g/mol. The number of nitrogens with one attached hydrogen (secondary N) is 1. The first kappa shape index (κ1) is 18.9. The number of carbonyl (C=O) groups is 2. The summed E-state index contributed by atoms with van der Waals surface area (Å²) in [4.78, 5) is 26.4. The van der Waals surface area contributed by atoms with Gasteiger partial charge in [-0.3, -0.25) is 9.59 Å². The molecule has 2 aromatic carbocycles. The number of anilines is 2. The van der Waals surface area contributed by atoms with Gasteiger partial charge in [-0.25, -0.2) is 0 Å². The van der Waals surface area contributed by atoms with E-state index < -0.39 is 0 Å². The summed E-state index contributed by atoms with van der Waals surface area (Å²) < 4.78 is 10.5. The third-order valence-electron chi connectivity index (χ3n) is 4.49. The van der Waals surface area contributed by atoms with E-state index >= 15 is 0 Å². The number of benzene rings is 2. The van der Waals surface area contributed by atoms with Crippen LogP contribution in [0.3, 0.4) is 0 Å². The molecule has 0 aliphatic carbocycles. The summed E-state index contributed by atoms with van der Waals surface area (Å²) in [6, 6.07) is 12.7. The molecule has 2 amide bonds. The number of hydrogen-bond acceptors (Lipinski definition) is 4. The summed E-state index contributed by atoms with van der Waals surface area (Å²) in [6.45, 7) is 3.48. The number of rotatable bonds is 7. The topological polar surface area (TPSA) is 67.9 Å². The van der Waals surface area contributed by atoms with Gasteiger partial charge in [0.1, 0.15) is 12.4 Å². The molecule has 6 nitrogen and oxygen atoms in total. The molecule has 0 atom stereocenters. The van der Waals surface area contributed by atoms with Crippen molar-refractivity contribution in [1.82, 2.24) is 0 Å². The van der Waals surface area contributed by atoms with Crippen LogP contribution in [-0.4, -0.2) is 38.7 Å². The summed E-state index contributed by atoms with van der Waals surface area (Å²) in [6.07, 6.45) is 1.25. The largest absolute Gasteiger partial charge is 0.491 e. The second-order valence-corrected chi connectivity index (χ2v) is 6.32. The Bertz CT molecular complexity index is 835. The van der Waals surface area contributed by atoms with Crippen LogP contribution in [0.25, 0.3) is 0 Å². The monoisotopic (exact) mass is 368 g/mol. The van der Waals surface area contributed by atoms with Gasteiger partial charge in [-0.2, -0.15) is 0 Å². The Hall–Kier alpha value is -2.86. The molecule has 0 radical (unpaired) electrons. The molecule has 0 bridgehead atoms. The molecule has 0 aromatic heterocycles. The quantitative estimate of drug-likeness (QED) is 0.762. The minimum Gasteiger partial charge on any atom is -0.491 e. The van der Waals surface area contributed by atoms with Crippen molar-refractivity contribution >= 4 is 23.2 Å². The van der Waals surface area contributed by atoms with E-state index in [-0.39, 0.29) is 11.8 Å². The lowest BCUT2D eigenvalue weighted by Crippen LogP contribution is -2.27. The lowest BCUT2D eigenvalue weighted by Gasteiger charge is -2.16. The van der Waals surface area contributed by atoms with Crippen molar-refractivity contribution in [3.05, 3.63) is 53.6 Å².